The van der Waals surface area contributed by atoms with E-state index in [0.29, 0.717) is 5.56 Å². The number of rotatable bonds is 4. The van der Waals surface area contributed by atoms with E-state index >= 15 is 0 Å². The minimum atomic E-state index is -4.26. The van der Waals surface area contributed by atoms with Crippen molar-refractivity contribution in [3.05, 3.63) is 34.6 Å². The third kappa shape index (κ3) is 4.49. The van der Waals surface area contributed by atoms with Crippen molar-refractivity contribution in [1.82, 2.24) is 5.43 Å². The zero-order valence-corrected chi connectivity index (χ0v) is 9.45. The lowest BCUT2D eigenvalue weighted by Gasteiger charge is -2.18. The minimum Gasteiger partial charge on any atom is -0.271 e. The highest BCUT2D eigenvalue weighted by atomic mass is 35.5. The molecule has 0 aliphatic heterocycles. The second-order valence-corrected chi connectivity index (χ2v) is 3.95. The van der Waals surface area contributed by atoms with Gasteiger partial charge in [0.05, 0.1) is 0 Å². The van der Waals surface area contributed by atoms with E-state index in [4.69, 9.17) is 17.4 Å². The number of hydrazine groups is 1. The first kappa shape index (κ1) is 14.2. The molecule has 0 aromatic heterocycles. The van der Waals surface area contributed by atoms with Crippen molar-refractivity contribution in [3.8, 4) is 0 Å². The molecule has 96 valence electrons. The van der Waals surface area contributed by atoms with Crippen molar-refractivity contribution in [1.29, 1.82) is 0 Å². The highest BCUT2D eigenvalue weighted by Crippen LogP contribution is 2.30. The molecule has 1 atom stereocenters. The lowest BCUT2D eigenvalue weighted by atomic mass is 10.0. The number of alkyl halides is 3. The average Bonchev–Trinajstić information content (AvgIpc) is 2.19. The standard InChI is InChI=1S/C10H11ClF4N2/c11-8-5-6(12)1-2-7(8)9(17-16)3-4-10(13,14)15/h1-2,5,9,17H,3-4,16H2. The summed E-state index contributed by atoms with van der Waals surface area (Å²) in [5, 5.41) is 0.0510. The van der Waals surface area contributed by atoms with Crippen LogP contribution in [0.25, 0.3) is 0 Å². The monoisotopic (exact) mass is 270 g/mol. The fourth-order valence-corrected chi connectivity index (χ4v) is 1.72. The Balaban J connectivity index is 2.79. The van der Waals surface area contributed by atoms with E-state index in [2.05, 4.69) is 5.43 Å². The molecule has 1 aromatic rings. The molecule has 1 rings (SSSR count). The summed E-state index contributed by atoms with van der Waals surface area (Å²) in [6.45, 7) is 0. The lowest BCUT2D eigenvalue weighted by Crippen LogP contribution is -2.29. The number of hydrogen-bond donors (Lipinski definition) is 2. The van der Waals surface area contributed by atoms with Gasteiger partial charge in [0, 0.05) is 17.5 Å². The molecule has 0 bridgehead atoms. The highest BCUT2D eigenvalue weighted by Gasteiger charge is 2.29. The van der Waals surface area contributed by atoms with Gasteiger partial charge in [0.15, 0.2) is 0 Å². The summed E-state index contributed by atoms with van der Waals surface area (Å²) < 4.78 is 49.0. The predicted octanol–water partition coefficient (Wildman–Crippen LogP) is 3.33. The van der Waals surface area contributed by atoms with E-state index in [1.165, 1.54) is 6.07 Å². The van der Waals surface area contributed by atoms with Crippen molar-refractivity contribution >= 4 is 11.6 Å². The number of nitrogens with one attached hydrogen (secondary N) is 1. The van der Waals surface area contributed by atoms with Crippen LogP contribution in [0, 0.1) is 5.82 Å². The molecule has 1 unspecified atom stereocenters. The van der Waals surface area contributed by atoms with Crippen LogP contribution in [0.1, 0.15) is 24.4 Å². The number of benzene rings is 1. The second kappa shape index (κ2) is 5.66. The van der Waals surface area contributed by atoms with Crippen LogP contribution in [0.15, 0.2) is 18.2 Å². The predicted molar refractivity (Wildman–Crippen MR) is 56.8 cm³/mol. The Kier molecular flexibility index (Phi) is 4.73. The van der Waals surface area contributed by atoms with E-state index in [-0.39, 0.29) is 11.4 Å². The minimum absolute atomic E-state index is 0.0510. The van der Waals surface area contributed by atoms with Crippen LogP contribution in [0.3, 0.4) is 0 Å². The van der Waals surface area contributed by atoms with Crippen molar-refractivity contribution in [2.24, 2.45) is 5.84 Å². The van der Waals surface area contributed by atoms with Gasteiger partial charge < -0.3 is 0 Å². The van der Waals surface area contributed by atoms with Crippen LogP contribution in [-0.2, 0) is 0 Å². The first-order chi connectivity index (χ1) is 7.83. The maximum Gasteiger partial charge on any atom is 0.389 e. The van der Waals surface area contributed by atoms with Gasteiger partial charge in [-0.15, -0.1) is 0 Å². The molecule has 0 heterocycles. The van der Waals surface area contributed by atoms with E-state index in [1.54, 1.807) is 0 Å². The van der Waals surface area contributed by atoms with Crippen LogP contribution in [0.4, 0.5) is 17.6 Å². The molecule has 0 aliphatic rings. The first-order valence-corrected chi connectivity index (χ1v) is 5.19. The molecule has 1 aromatic carbocycles. The van der Waals surface area contributed by atoms with Gasteiger partial charge in [0.25, 0.3) is 0 Å². The highest BCUT2D eigenvalue weighted by molar-refractivity contribution is 6.31. The van der Waals surface area contributed by atoms with Crippen LogP contribution < -0.4 is 11.3 Å². The molecular formula is C10H11ClF4N2. The van der Waals surface area contributed by atoms with Gasteiger partial charge in [0.1, 0.15) is 5.82 Å². The first-order valence-electron chi connectivity index (χ1n) is 4.81. The van der Waals surface area contributed by atoms with Gasteiger partial charge >= 0.3 is 6.18 Å². The zero-order chi connectivity index (χ0) is 13.1. The molecule has 0 radical (unpaired) electrons. The quantitative estimate of drug-likeness (QED) is 0.500. The van der Waals surface area contributed by atoms with Gasteiger partial charge in [-0.3, -0.25) is 11.3 Å². The summed E-state index contributed by atoms with van der Waals surface area (Å²) in [6.07, 6.45) is -5.51. The molecule has 0 saturated heterocycles. The largest absolute Gasteiger partial charge is 0.389 e. The maximum absolute atomic E-state index is 12.8. The summed E-state index contributed by atoms with van der Waals surface area (Å²) in [7, 11) is 0. The van der Waals surface area contributed by atoms with Gasteiger partial charge in [-0.2, -0.15) is 13.2 Å². The van der Waals surface area contributed by atoms with Crippen molar-refractivity contribution < 1.29 is 17.6 Å². The van der Waals surface area contributed by atoms with Gasteiger partial charge in [-0.05, 0) is 24.1 Å². The molecule has 0 saturated carbocycles. The summed E-state index contributed by atoms with van der Waals surface area (Å²) >= 11 is 5.74. The Morgan fingerprint density at radius 2 is 2.00 bits per heavy atom. The normalized spacial score (nSPS) is 13.8. The van der Waals surface area contributed by atoms with Gasteiger partial charge in [-0.1, -0.05) is 17.7 Å². The lowest BCUT2D eigenvalue weighted by molar-refractivity contribution is -0.136. The molecule has 0 aliphatic carbocycles. The number of halogens is 5. The smallest absolute Gasteiger partial charge is 0.271 e. The Hall–Kier alpha value is -0.850. The molecule has 0 spiro atoms. The second-order valence-electron chi connectivity index (χ2n) is 3.54. The Labute approximate surface area is 101 Å². The maximum atomic E-state index is 12.8. The van der Waals surface area contributed by atoms with E-state index < -0.39 is 24.5 Å². The van der Waals surface area contributed by atoms with Crippen LogP contribution in [0.2, 0.25) is 5.02 Å². The Bertz CT molecular complexity index is 381. The van der Waals surface area contributed by atoms with E-state index in [0.717, 1.165) is 12.1 Å². The Morgan fingerprint density at radius 1 is 1.35 bits per heavy atom. The zero-order valence-electron chi connectivity index (χ0n) is 8.69. The average molecular weight is 271 g/mol. The fourth-order valence-electron chi connectivity index (χ4n) is 1.42. The molecule has 3 N–H and O–H groups in total. The summed E-state index contributed by atoms with van der Waals surface area (Å²) in [5.41, 5.74) is 2.59. The number of hydrogen-bond acceptors (Lipinski definition) is 2. The Morgan fingerprint density at radius 3 is 2.47 bits per heavy atom. The van der Waals surface area contributed by atoms with Crippen LogP contribution in [-0.4, -0.2) is 6.18 Å². The summed E-state index contributed by atoms with van der Waals surface area (Å²) in [5.74, 6) is 4.62. The molecule has 0 fully saturated rings. The van der Waals surface area contributed by atoms with E-state index in [9.17, 15) is 17.6 Å². The molecule has 17 heavy (non-hydrogen) atoms. The molecule has 0 amide bonds. The topological polar surface area (TPSA) is 38.0 Å². The third-order valence-electron chi connectivity index (χ3n) is 2.26. The van der Waals surface area contributed by atoms with Gasteiger partial charge in [0.2, 0.25) is 0 Å². The van der Waals surface area contributed by atoms with E-state index in [1.807, 2.05) is 0 Å². The summed E-state index contributed by atoms with van der Waals surface area (Å²) in [4.78, 5) is 0. The van der Waals surface area contributed by atoms with Crippen LogP contribution in [0.5, 0.6) is 0 Å². The third-order valence-corrected chi connectivity index (χ3v) is 2.58. The SMILES string of the molecule is NNC(CCC(F)(F)F)c1ccc(F)cc1Cl. The van der Waals surface area contributed by atoms with Crippen molar-refractivity contribution in [2.75, 3.05) is 0 Å². The van der Waals surface area contributed by atoms with Gasteiger partial charge in [-0.25, -0.2) is 4.39 Å². The van der Waals surface area contributed by atoms with Crippen LogP contribution >= 0.6 is 11.6 Å². The molecular weight excluding hydrogens is 260 g/mol. The molecule has 2 nitrogen and oxygen atoms in total. The van der Waals surface area contributed by atoms with Crippen molar-refractivity contribution in [3.63, 3.8) is 0 Å². The summed E-state index contributed by atoms with van der Waals surface area (Å²) in [6, 6.07) is 2.72. The number of nitrogens with two attached hydrogens (primary N) is 1. The van der Waals surface area contributed by atoms with Crippen molar-refractivity contribution in [2.45, 2.75) is 25.1 Å². The fraction of sp³-hybridized carbons (Fsp3) is 0.400. The molecule has 7 heteroatoms.